The number of ether oxygens (including phenoxy) is 1. The number of hydrogen-bond acceptors (Lipinski definition) is 9. The molecule has 1 aliphatic heterocycles. The highest BCUT2D eigenvalue weighted by Crippen LogP contribution is 2.33. The number of benzene rings is 1. The summed E-state index contributed by atoms with van der Waals surface area (Å²) < 4.78 is 7.95. The number of aliphatic hydroxyl groups excluding tert-OH is 2. The van der Waals surface area contributed by atoms with Gasteiger partial charge in [-0.15, -0.1) is 0 Å². The predicted octanol–water partition coefficient (Wildman–Crippen LogP) is 0.644. The molecule has 0 aliphatic carbocycles. The van der Waals surface area contributed by atoms with Crippen LogP contribution in [0.4, 0.5) is 11.5 Å². The number of nitrogens with zero attached hydrogens (tertiary/aromatic N) is 4. The summed E-state index contributed by atoms with van der Waals surface area (Å²) in [7, 11) is 1.41. The number of imidazole rings is 1. The SMILES string of the molecule is CNC(=O)[C@H]1O[C@@H](n2cnc3c(NCc4ccc(N)c([125I])c4)nc(Cl)nc32)[C@H](O)[C@@H]1O. The highest BCUT2D eigenvalue weighted by atomic mass is 125. The van der Waals surface area contributed by atoms with E-state index < -0.39 is 30.4 Å². The molecule has 11 nitrogen and oxygen atoms in total. The molecule has 3 heterocycles. The highest BCUT2D eigenvalue weighted by Gasteiger charge is 2.47. The molecule has 0 bridgehead atoms. The number of aromatic nitrogens is 4. The van der Waals surface area contributed by atoms with Crippen LogP contribution < -0.4 is 16.4 Å². The first-order valence-electron chi connectivity index (χ1n) is 9.21. The fourth-order valence-electron chi connectivity index (χ4n) is 3.31. The van der Waals surface area contributed by atoms with Crippen molar-refractivity contribution in [2.75, 3.05) is 18.1 Å². The van der Waals surface area contributed by atoms with E-state index in [0.29, 0.717) is 23.6 Å². The van der Waals surface area contributed by atoms with Crippen molar-refractivity contribution in [1.82, 2.24) is 24.8 Å². The zero-order valence-electron chi connectivity index (χ0n) is 16.2. The molecule has 0 unspecified atom stereocenters. The summed E-state index contributed by atoms with van der Waals surface area (Å²) in [6.07, 6.45) is -3.71. The first kappa shape index (κ1) is 22.0. The summed E-state index contributed by atoms with van der Waals surface area (Å²) in [5.74, 6) is -0.164. The van der Waals surface area contributed by atoms with E-state index >= 15 is 0 Å². The number of amides is 1. The molecule has 1 aliphatic rings. The minimum atomic E-state index is -1.41. The number of likely N-dealkylation sites (N-methyl/N-ethyl adjacent to an activating group) is 1. The Labute approximate surface area is 195 Å². The molecule has 4 atom stereocenters. The van der Waals surface area contributed by atoms with E-state index in [9.17, 15) is 15.0 Å². The molecule has 0 spiro atoms. The summed E-state index contributed by atoms with van der Waals surface area (Å²) in [5.41, 5.74) is 8.21. The smallest absolute Gasteiger partial charge is 0.251 e. The standard InChI is InChI=1S/C18H19ClIN7O4/c1-22-16(30)13-11(28)12(29)17(31-13)27-6-24-10-14(25-18(19)26-15(10)27)23-5-7-2-3-9(21)8(20)4-7/h2-4,6,11-13,17,28-29H,5,21H2,1H3,(H,22,30)(H,23,25,26)/t11-,12+,13-,17+/m0/s1/i20-2. The van der Waals surface area contributed by atoms with Gasteiger partial charge in [-0.3, -0.25) is 9.36 Å². The summed E-state index contributed by atoms with van der Waals surface area (Å²) in [4.78, 5) is 24.7. The average molecular weight is 558 g/mol. The van der Waals surface area contributed by atoms with Crippen LogP contribution in [0.5, 0.6) is 0 Å². The minimum absolute atomic E-state index is 0.0421. The van der Waals surface area contributed by atoms with Crippen molar-refractivity contribution in [2.24, 2.45) is 0 Å². The van der Waals surface area contributed by atoms with Gasteiger partial charge in [-0.25, -0.2) is 4.98 Å². The molecule has 1 fully saturated rings. The van der Waals surface area contributed by atoms with Crippen molar-refractivity contribution in [1.29, 1.82) is 0 Å². The molecule has 2 aromatic heterocycles. The molecule has 0 radical (unpaired) electrons. The number of anilines is 2. The summed E-state index contributed by atoms with van der Waals surface area (Å²) in [6.45, 7) is 0.436. The lowest BCUT2D eigenvalue weighted by atomic mass is 10.1. The Kier molecular flexibility index (Phi) is 6.16. The van der Waals surface area contributed by atoms with E-state index in [0.717, 1.165) is 9.13 Å². The monoisotopic (exact) mass is 557 g/mol. The Hall–Kier alpha value is -2.26. The normalized spacial score (nSPS) is 23.3. The third-order valence-corrected chi connectivity index (χ3v) is 6.04. The molecular weight excluding hydrogens is 539 g/mol. The molecule has 31 heavy (non-hydrogen) atoms. The van der Waals surface area contributed by atoms with E-state index in [1.807, 2.05) is 18.2 Å². The van der Waals surface area contributed by atoms with E-state index in [1.165, 1.54) is 17.9 Å². The number of carbonyl (C=O) groups is 1. The van der Waals surface area contributed by atoms with Gasteiger partial charge in [-0.2, -0.15) is 9.97 Å². The Balaban J connectivity index is 1.64. The van der Waals surface area contributed by atoms with Crippen LogP contribution in [0.25, 0.3) is 11.2 Å². The van der Waals surface area contributed by atoms with Crippen LogP contribution in [0.15, 0.2) is 24.5 Å². The number of fused-ring (bicyclic) bond motifs is 1. The molecular formula is C18H19ClIN7O4. The number of nitrogen functional groups attached to an aromatic ring is 1. The minimum Gasteiger partial charge on any atom is -0.398 e. The van der Waals surface area contributed by atoms with Crippen LogP contribution in [0, 0.1) is 3.57 Å². The fraction of sp³-hybridized carbons (Fsp3) is 0.333. The van der Waals surface area contributed by atoms with Gasteiger partial charge in [0.15, 0.2) is 29.3 Å². The van der Waals surface area contributed by atoms with Gasteiger partial charge in [0.05, 0.1) is 6.33 Å². The highest BCUT2D eigenvalue weighted by molar-refractivity contribution is 14.1. The predicted molar refractivity (Wildman–Crippen MR) is 121 cm³/mol. The Morgan fingerprint density at radius 2 is 2.13 bits per heavy atom. The van der Waals surface area contributed by atoms with Gasteiger partial charge < -0.3 is 31.3 Å². The third kappa shape index (κ3) is 4.13. The zero-order chi connectivity index (χ0) is 22.3. The molecule has 1 saturated heterocycles. The molecule has 164 valence electrons. The molecule has 1 amide bonds. The molecule has 0 saturated carbocycles. The number of carbonyl (C=O) groups excluding carboxylic acids is 1. The van der Waals surface area contributed by atoms with Crippen LogP contribution in [-0.4, -0.2) is 61.0 Å². The van der Waals surface area contributed by atoms with Gasteiger partial charge >= 0.3 is 0 Å². The van der Waals surface area contributed by atoms with Crippen molar-refractivity contribution < 1.29 is 19.7 Å². The third-order valence-electron chi connectivity index (χ3n) is 4.94. The van der Waals surface area contributed by atoms with Crippen LogP contribution in [0.2, 0.25) is 5.28 Å². The number of nitrogens with two attached hydrogens (primary N) is 1. The van der Waals surface area contributed by atoms with Crippen LogP contribution >= 0.6 is 34.2 Å². The van der Waals surface area contributed by atoms with E-state index in [4.69, 9.17) is 22.1 Å². The fourth-order valence-corrected chi connectivity index (χ4v) is 4.06. The molecule has 4 rings (SSSR count). The number of halogens is 2. The van der Waals surface area contributed by atoms with Crippen molar-refractivity contribution in [2.45, 2.75) is 31.1 Å². The van der Waals surface area contributed by atoms with Crippen molar-refractivity contribution in [3.63, 3.8) is 0 Å². The van der Waals surface area contributed by atoms with Crippen LogP contribution in [0.3, 0.4) is 0 Å². The molecule has 1 aromatic carbocycles. The Morgan fingerprint density at radius 3 is 2.84 bits per heavy atom. The maximum atomic E-state index is 11.9. The number of rotatable bonds is 5. The van der Waals surface area contributed by atoms with Crippen molar-refractivity contribution in [3.05, 3.63) is 38.9 Å². The van der Waals surface area contributed by atoms with Crippen LogP contribution in [-0.2, 0) is 16.1 Å². The lowest BCUT2D eigenvalue weighted by Crippen LogP contribution is -2.41. The first-order chi connectivity index (χ1) is 14.8. The second-order valence-electron chi connectivity index (χ2n) is 6.92. The number of hydrogen-bond donors (Lipinski definition) is 5. The largest absolute Gasteiger partial charge is 0.398 e. The summed E-state index contributed by atoms with van der Waals surface area (Å²) in [5, 5.41) is 26.2. The molecule has 13 heteroatoms. The van der Waals surface area contributed by atoms with Gasteiger partial charge in [-0.1, -0.05) is 6.07 Å². The van der Waals surface area contributed by atoms with E-state index in [-0.39, 0.29) is 10.9 Å². The van der Waals surface area contributed by atoms with E-state index in [2.05, 4.69) is 48.2 Å². The number of aliphatic hydroxyl groups is 2. The molecule has 3 aromatic rings. The van der Waals surface area contributed by atoms with Gasteiger partial charge in [0.25, 0.3) is 5.91 Å². The zero-order valence-corrected chi connectivity index (χ0v) is 19.1. The first-order valence-corrected chi connectivity index (χ1v) is 10.7. The van der Waals surface area contributed by atoms with Crippen LogP contribution in [0.1, 0.15) is 11.8 Å². The van der Waals surface area contributed by atoms with Gasteiger partial charge in [0.1, 0.15) is 12.2 Å². The lowest BCUT2D eigenvalue weighted by molar-refractivity contribution is -0.137. The topological polar surface area (TPSA) is 160 Å². The molecule has 6 N–H and O–H groups in total. The summed E-state index contributed by atoms with van der Waals surface area (Å²) >= 11 is 8.28. The van der Waals surface area contributed by atoms with E-state index in [1.54, 1.807) is 0 Å². The van der Waals surface area contributed by atoms with Gasteiger partial charge in [0.2, 0.25) is 5.28 Å². The van der Waals surface area contributed by atoms with Gasteiger partial charge in [-0.05, 0) is 51.9 Å². The Bertz CT molecular complexity index is 1140. The summed E-state index contributed by atoms with van der Waals surface area (Å²) in [6, 6.07) is 5.67. The second-order valence-corrected chi connectivity index (χ2v) is 8.42. The number of nitrogens with one attached hydrogen (secondary N) is 2. The quantitative estimate of drug-likeness (QED) is 0.172. The van der Waals surface area contributed by atoms with Crippen molar-refractivity contribution in [3.8, 4) is 0 Å². The Morgan fingerprint density at radius 1 is 1.35 bits per heavy atom. The maximum Gasteiger partial charge on any atom is 0.251 e. The van der Waals surface area contributed by atoms with Gasteiger partial charge in [0, 0.05) is 22.8 Å². The van der Waals surface area contributed by atoms with Crippen molar-refractivity contribution >= 4 is 62.8 Å². The maximum absolute atomic E-state index is 11.9. The average Bonchev–Trinajstić information content (AvgIpc) is 3.29. The second kappa shape index (κ2) is 8.70. The lowest BCUT2D eigenvalue weighted by Gasteiger charge is -2.16.